The Bertz CT molecular complexity index is 1020. The lowest BCUT2D eigenvalue weighted by Gasteiger charge is -2.13. The average molecular weight is 474 g/mol. The number of aryl methyl sites for hydroxylation is 1. The Labute approximate surface area is 171 Å². The number of nitrogens with one attached hydrogen (secondary N) is 1. The minimum Gasteiger partial charge on any atom is -0.452 e. The monoisotopic (exact) mass is 474 g/mol. The van der Waals surface area contributed by atoms with Gasteiger partial charge in [-0.05, 0) is 59.7 Å². The molecule has 0 saturated carbocycles. The van der Waals surface area contributed by atoms with E-state index in [-0.39, 0.29) is 12.5 Å². The molecule has 0 bridgehead atoms. The molecule has 0 aliphatic carbocycles. The van der Waals surface area contributed by atoms with Crippen LogP contribution in [0.1, 0.15) is 28.5 Å². The molecule has 0 spiro atoms. The molecule has 0 unspecified atom stereocenters. The quantitative estimate of drug-likeness (QED) is 0.437. The van der Waals surface area contributed by atoms with E-state index < -0.39 is 5.97 Å². The molecule has 0 atom stereocenters. The fraction of sp³-hybridized carbons (Fsp3) is 0.190. The summed E-state index contributed by atoms with van der Waals surface area (Å²) in [5, 5.41) is 3.49. The summed E-state index contributed by atoms with van der Waals surface area (Å²) < 4.78 is 6.22. The van der Waals surface area contributed by atoms with Gasteiger partial charge >= 0.3 is 5.97 Å². The average Bonchev–Trinajstić information content (AvgIpc) is 2.67. The van der Waals surface area contributed by atoms with Crippen molar-refractivity contribution in [3.8, 4) is 0 Å². The van der Waals surface area contributed by atoms with Crippen LogP contribution in [0.5, 0.6) is 0 Å². The van der Waals surface area contributed by atoms with Crippen LogP contribution in [0.2, 0.25) is 0 Å². The summed E-state index contributed by atoms with van der Waals surface area (Å²) in [5.74, 6) is -0.891. The van der Waals surface area contributed by atoms with Crippen LogP contribution in [0.4, 0.5) is 5.69 Å². The first-order chi connectivity index (χ1) is 13.0. The topological polar surface area (TPSA) is 68.3 Å². The van der Waals surface area contributed by atoms with Crippen LogP contribution in [0.15, 0.2) is 48.5 Å². The molecule has 0 aliphatic rings. The molecule has 1 amide bonds. The van der Waals surface area contributed by atoms with Gasteiger partial charge in [-0.25, -0.2) is 4.79 Å². The SMILES string of the molecule is CCc1nc2ccccc2c(C(=O)OCC(=O)Nc2ccccc2I)c1C. The number of anilines is 1. The third-order valence-electron chi connectivity index (χ3n) is 4.26. The minimum absolute atomic E-state index is 0.346. The Morgan fingerprint density at radius 2 is 1.81 bits per heavy atom. The molecule has 1 heterocycles. The van der Waals surface area contributed by atoms with Crippen LogP contribution >= 0.6 is 22.6 Å². The van der Waals surface area contributed by atoms with Gasteiger partial charge in [-0.15, -0.1) is 0 Å². The van der Waals surface area contributed by atoms with Crippen LogP contribution in [0.3, 0.4) is 0 Å². The van der Waals surface area contributed by atoms with Gasteiger partial charge in [0.2, 0.25) is 0 Å². The number of hydrogen-bond acceptors (Lipinski definition) is 4. The second kappa shape index (κ2) is 8.47. The number of rotatable bonds is 5. The van der Waals surface area contributed by atoms with Crippen LogP contribution in [0.25, 0.3) is 10.9 Å². The van der Waals surface area contributed by atoms with Gasteiger partial charge in [-0.2, -0.15) is 0 Å². The van der Waals surface area contributed by atoms with Crippen molar-refractivity contribution in [2.45, 2.75) is 20.3 Å². The van der Waals surface area contributed by atoms with E-state index in [0.29, 0.717) is 17.7 Å². The van der Waals surface area contributed by atoms with E-state index in [1.165, 1.54) is 0 Å². The van der Waals surface area contributed by atoms with Crippen molar-refractivity contribution in [3.05, 3.63) is 68.9 Å². The van der Waals surface area contributed by atoms with Gasteiger partial charge in [-0.1, -0.05) is 37.3 Å². The highest BCUT2D eigenvalue weighted by molar-refractivity contribution is 14.1. The Kier molecular flexibility index (Phi) is 6.05. The molecule has 3 aromatic rings. The fourth-order valence-electron chi connectivity index (χ4n) is 2.92. The summed E-state index contributed by atoms with van der Waals surface area (Å²) in [6.45, 7) is 3.51. The fourth-order valence-corrected chi connectivity index (χ4v) is 3.44. The summed E-state index contributed by atoms with van der Waals surface area (Å²) in [6, 6.07) is 14.9. The van der Waals surface area contributed by atoms with Gasteiger partial charge in [0.1, 0.15) is 0 Å². The number of carbonyl (C=O) groups is 2. The van der Waals surface area contributed by atoms with E-state index in [4.69, 9.17) is 4.74 Å². The van der Waals surface area contributed by atoms with Crippen molar-refractivity contribution >= 4 is 51.1 Å². The minimum atomic E-state index is -0.515. The maximum absolute atomic E-state index is 12.7. The van der Waals surface area contributed by atoms with Gasteiger partial charge in [-0.3, -0.25) is 9.78 Å². The van der Waals surface area contributed by atoms with Crippen molar-refractivity contribution in [1.29, 1.82) is 0 Å². The highest BCUT2D eigenvalue weighted by Crippen LogP contribution is 2.24. The van der Waals surface area contributed by atoms with Gasteiger partial charge in [0.25, 0.3) is 5.91 Å². The largest absolute Gasteiger partial charge is 0.452 e. The number of pyridine rings is 1. The predicted octanol–water partition coefficient (Wildman–Crippen LogP) is 4.51. The van der Waals surface area contributed by atoms with Crippen LogP contribution < -0.4 is 5.32 Å². The smallest absolute Gasteiger partial charge is 0.339 e. The number of para-hydroxylation sites is 2. The first-order valence-electron chi connectivity index (χ1n) is 8.61. The second-order valence-corrected chi connectivity index (χ2v) is 7.20. The molecule has 6 heteroatoms. The summed E-state index contributed by atoms with van der Waals surface area (Å²) >= 11 is 2.14. The Morgan fingerprint density at radius 3 is 2.56 bits per heavy atom. The Morgan fingerprint density at radius 1 is 1.11 bits per heavy atom. The molecular formula is C21H19IN2O3. The Hall–Kier alpha value is -2.48. The first kappa shape index (κ1) is 19.3. The standard InChI is InChI=1S/C21H19IN2O3/c1-3-16-13(2)20(14-8-4-6-10-17(14)23-16)21(26)27-12-19(25)24-18-11-7-5-9-15(18)22/h4-11H,3,12H2,1-2H3,(H,24,25). The van der Waals surface area contributed by atoms with E-state index in [1.54, 1.807) is 6.07 Å². The second-order valence-electron chi connectivity index (χ2n) is 6.03. The zero-order valence-electron chi connectivity index (χ0n) is 15.1. The highest BCUT2D eigenvalue weighted by atomic mass is 127. The van der Waals surface area contributed by atoms with E-state index in [0.717, 1.165) is 25.7 Å². The van der Waals surface area contributed by atoms with Gasteiger partial charge in [0.05, 0.1) is 16.8 Å². The number of fused-ring (bicyclic) bond motifs is 1. The van der Waals surface area contributed by atoms with Gasteiger partial charge in [0, 0.05) is 14.7 Å². The number of hydrogen-bond donors (Lipinski definition) is 1. The number of benzene rings is 2. The van der Waals surface area contributed by atoms with Crippen LogP contribution in [-0.4, -0.2) is 23.5 Å². The summed E-state index contributed by atoms with van der Waals surface area (Å²) in [6.07, 6.45) is 0.712. The Balaban J connectivity index is 1.79. The van der Waals surface area contributed by atoms with E-state index in [2.05, 4.69) is 32.9 Å². The van der Waals surface area contributed by atoms with Crippen molar-refractivity contribution < 1.29 is 14.3 Å². The zero-order chi connectivity index (χ0) is 19.4. The van der Waals surface area contributed by atoms with Crippen molar-refractivity contribution in [1.82, 2.24) is 4.98 Å². The zero-order valence-corrected chi connectivity index (χ0v) is 17.2. The summed E-state index contributed by atoms with van der Waals surface area (Å²) in [7, 11) is 0. The predicted molar refractivity (Wildman–Crippen MR) is 114 cm³/mol. The van der Waals surface area contributed by atoms with Gasteiger partial charge in [0.15, 0.2) is 6.61 Å². The first-order valence-corrected chi connectivity index (χ1v) is 9.68. The molecule has 0 saturated heterocycles. The molecule has 27 heavy (non-hydrogen) atoms. The molecule has 3 rings (SSSR count). The van der Waals surface area contributed by atoms with Crippen LogP contribution in [-0.2, 0) is 16.0 Å². The number of carbonyl (C=O) groups excluding carboxylic acids is 2. The molecule has 2 aromatic carbocycles. The molecule has 1 aromatic heterocycles. The number of nitrogens with zero attached hydrogens (tertiary/aromatic N) is 1. The number of aromatic nitrogens is 1. The third kappa shape index (κ3) is 4.27. The maximum atomic E-state index is 12.7. The highest BCUT2D eigenvalue weighted by Gasteiger charge is 2.19. The third-order valence-corrected chi connectivity index (χ3v) is 5.20. The summed E-state index contributed by atoms with van der Waals surface area (Å²) in [4.78, 5) is 29.5. The maximum Gasteiger partial charge on any atom is 0.339 e. The number of ether oxygens (including phenoxy) is 1. The van der Waals surface area contributed by atoms with Crippen molar-refractivity contribution in [2.24, 2.45) is 0 Å². The lowest BCUT2D eigenvalue weighted by Crippen LogP contribution is -2.22. The summed E-state index contributed by atoms with van der Waals surface area (Å²) in [5.41, 5.74) is 3.55. The molecule has 5 nitrogen and oxygen atoms in total. The lowest BCUT2D eigenvalue weighted by atomic mass is 10.0. The van der Waals surface area contributed by atoms with E-state index in [1.807, 2.05) is 56.3 Å². The van der Waals surface area contributed by atoms with Gasteiger partial charge < -0.3 is 10.1 Å². The molecule has 0 radical (unpaired) electrons. The number of esters is 1. The molecule has 0 fully saturated rings. The molecule has 0 aliphatic heterocycles. The van der Waals surface area contributed by atoms with Crippen molar-refractivity contribution in [2.75, 3.05) is 11.9 Å². The molecule has 138 valence electrons. The lowest BCUT2D eigenvalue weighted by molar-refractivity contribution is -0.119. The van der Waals surface area contributed by atoms with E-state index >= 15 is 0 Å². The van der Waals surface area contributed by atoms with Crippen molar-refractivity contribution in [3.63, 3.8) is 0 Å². The number of halogens is 1. The normalized spacial score (nSPS) is 10.6. The molecule has 1 N–H and O–H groups in total. The molecular weight excluding hydrogens is 455 g/mol. The van der Waals surface area contributed by atoms with Crippen LogP contribution in [0, 0.1) is 10.5 Å². The van der Waals surface area contributed by atoms with E-state index in [9.17, 15) is 9.59 Å². The number of amides is 1.